The van der Waals surface area contributed by atoms with Crippen LogP contribution in [0.1, 0.15) is 19.0 Å². The Kier molecular flexibility index (Phi) is 2.59. The number of aromatic amines is 1. The van der Waals surface area contributed by atoms with Crippen LogP contribution in [0.25, 0.3) is 16.6 Å². The molecule has 18 heavy (non-hydrogen) atoms. The number of nitrogens with zero attached hydrogens (tertiary/aromatic N) is 3. The number of amides is 1. The first-order chi connectivity index (χ1) is 8.75. The van der Waals surface area contributed by atoms with Crippen molar-refractivity contribution in [2.24, 2.45) is 0 Å². The number of fused-ring (bicyclic) bond motifs is 1. The lowest BCUT2D eigenvalue weighted by Crippen LogP contribution is -2.32. The quantitative estimate of drug-likeness (QED) is 0.826. The molecule has 1 aliphatic rings. The van der Waals surface area contributed by atoms with E-state index in [1.165, 1.54) is 5.57 Å². The maximum absolute atomic E-state index is 11.3. The molecule has 0 saturated heterocycles. The number of rotatable bonds is 1. The van der Waals surface area contributed by atoms with Crippen LogP contribution in [0.5, 0.6) is 0 Å². The third kappa shape index (κ3) is 1.77. The third-order valence-corrected chi connectivity index (χ3v) is 3.31. The Labute approximate surface area is 105 Å². The van der Waals surface area contributed by atoms with Crippen LogP contribution in [0.4, 0.5) is 0 Å². The molecule has 1 N–H and O–H groups in total. The first kappa shape index (κ1) is 11.0. The lowest BCUT2D eigenvalue weighted by molar-refractivity contribution is -0.128. The molecule has 1 aliphatic heterocycles. The van der Waals surface area contributed by atoms with Crippen LogP contribution >= 0.6 is 0 Å². The normalized spacial score (nSPS) is 15.8. The second-order valence-electron chi connectivity index (χ2n) is 4.41. The Morgan fingerprint density at radius 3 is 3.06 bits per heavy atom. The number of carbonyl (C=O) groups excluding carboxylic acids is 1. The molecule has 0 unspecified atom stereocenters. The van der Waals surface area contributed by atoms with Gasteiger partial charge in [-0.25, -0.2) is 9.97 Å². The highest BCUT2D eigenvalue weighted by atomic mass is 16.2. The molecule has 3 heterocycles. The van der Waals surface area contributed by atoms with Gasteiger partial charge in [0, 0.05) is 31.6 Å². The van der Waals surface area contributed by atoms with Gasteiger partial charge in [-0.1, -0.05) is 6.08 Å². The molecule has 2 aromatic heterocycles. The summed E-state index contributed by atoms with van der Waals surface area (Å²) in [7, 11) is 0. The Hall–Kier alpha value is -2.17. The highest BCUT2D eigenvalue weighted by Crippen LogP contribution is 2.25. The van der Waals surface area contributed by atoms with Gasteiger partial charge in [-0.15, -0.1) is 0 Å². The molecule has 5 nitrogen and oxygen atoms in total. The van der Waals surface area contributed by atoms with Crippen molar-refractivity contribution in [2.75, 3.05) is 13.1 Å². The second kappa shape index (κ2) is 4.25. The third-order valence-electron chi connectivity index (χ3n) is 3.31. The highest BCUT2D eigenvalue weighted by molar-refractivity contribution is 5.88. The van der Waals surface area contributed by atoms with E-state index in [-0.39, 0.29) is 5.91 Å². The standard InChI is InChI=1S/C13H14N4O/c1-9(18)17-6-3-10(4-7-17)12-11-2-5-14-13(11)16-8-15-12/h2-3,5,8H,4,6-7H2,1H3,(H,14,15,16). The van der Waals surface area contributed by atoms with Crippen molar-refractivity contribution in [2.45, 2.75) is 13.3 Å². The van der Waals surface area contributed by atoms with Crippen LogP contribution in [0.2, 0.25) is 0 Å². The van der Waals surface area contributed by atoms with E-state index in [1.807, 2.05) is 17.2 Å². The van der Waals surface area contributed by atoms with Gasteiger partial charge in [-0.3, -0.25) is 4.79 Å². The van der Waals surface area contributed by atoms with E-state index in [9.17, 15) is 4.79 Å². The topological polar surface area (TPSA) is 61.9 Å². The van der Waals surface area contributed by atoms with Gasteiger partial charge in [-0.2, -0.15) is 0 Å². The van der Waals surface area contributed by atoms with Gasteiger partial charge in [0.15, 0.2) is 0 Å². The molecule has 0 fully saturated rings. The van der Waals surface area contributed by atoms with Gasteiger partial charge in [-0.05, 0) is 18.1 Å². The Morgan fingerprint density at radius 2 is 2.33 bits per heavy atom. The summed E-state index contributed by atoms with van der Waals surface area (Å²) in [6, 6.07) is 1.99. The Bertz CT molecular complexity index is 629. The van der Waals surface area contributed by atoms with E-state index < -0.39 is 0 Å². The smallest absolute Gasteiger partial charge is 0.219 e. The van der Waals surface area contributed by atoms with Gasteiger partial charge in [0.05, 0.1) is 5.69 Å². The number of carbonyl (C=O) groups is 1. The lowest BCUT2D eigenvalue weighted by Gasteiger charge is -2.25. The van der Waals surface area contributed by atoms with Crippen LogP contribution in [0.15, 0.2) is 24.7 Å². The van der Waals surface area contributed by atoms with Crippen LogP contribution in [0.3, 0.4) is 0 Å². The van der Waals surface area contributed by atoms with Crippen molar-refractivity contribution >= 4 is 22.5 Å². The predicted octanol–water partition coefficient (Wildman–Crippen LogP) is 1.59. The molecule has 1 amide bonds. The molecule has 0 aliphatic carbocycles. The minimum atomic E-state index is 0.125. The van der Waals surface area contributed by atoms with E-state index >= 15 is 0 Å². The van der Waals surface area contributed by atoms with Gasteiger partial charge in [0.25, 0.3) is 0 Å². The second-order valence-corrected chi connectivity index (χ2v) is 4.41. The zero-order valence-corrected chi connectivity index (χ0v) is 10.2. The minimum Gasteiger partial charge on any atom is -0.346 e. The zero-order chi connectivity index (χ0) is 12.5. The summed E-state index contributed by atoms with van der Waals surface area (Å²) in [5, 5.41) is 1.04. The summed E-state index contributed by atoms with van der Waals surface area (Å²) in [6.45, 7) is 3.03. The molecular formula is C13H14N4O. The molecule has 5 heteroatoms. The number of H-pyrrole nitrogens is 1. The fourth-order valence-corrected chi connectivity index (χ4v) is 2.30. The van der Waals surface area contributed by atoms with Gasteiger partial charge in [0.1, 0.15) is 12.0 Å². The molecular weight excluding hydrogens is 228 g/mol. The Morgan fingerprint density at radius 1 is 1.44 bits per heavy atom. The molecule has 0 atom stereocenters. The van der Waals surface area contributed by atoms with Crippen molar-refractivity contribution < 1.29 is 4.79 Å². The Balaban J connectivity index is 1.96. The fourth-order valence-electron chi connectivity index (χ4n) is 2.30. The number of aromatic nitrogens is 3. The molecule has 3 rings (SSSR count). The zero-order valence-electron chi connectivity index (χ0n) is 10.2. The molecule has 0 radical (unpaired) electrons. The molecule has 2 aromatic rings. The van der Waals surface area contributed by atoms with Crippen molar-refractivity contribution in [1.82, 2.24) is 19.9 Å². The summed E-state index contributed by atoms with van der Waals surface area (Å²) >= 11 is 0. The minimum absolute atomic E-state index is 0.125. The largest absolute Gasteiger partial charge is 0.346 e. The maximum atomic E-state index is 11.3. The van der Waals surface area contributed by atoms with Crippen LogP contribution in [-0.4, -0.2) is 38.8 Å². The van der Waals surface area contributed by atoms with E-state index in [1.54, 1.807) is 13.3 Å². The monoisotopic (exact) mass is 242 g/mol. The van der Waals surface area contributed by atoms with Crippen molar-refractivity contribution in [3.05, 3.63) is 30.4 Å². The van der Waals surface area contributed by atoms with Crippen LogP contribution in [0, 0.1) is 0 Å². The summed E-state index contributed by atoms with van der Waals surface area (Å²) < 4.78 is 0. The van der Waals surface area contributed by atoms with Gasteiger partial charge >= 0.3 is 0 Å². The highest BCUT2D eigenvalue weighted by Gasteiger charge is 2.17. The maximum Gasteiger partial charge on any atom is 0.219 e. The van der Waals surface area contributed by atoms with E-state index in [0.717, 1.165) is 29.7 Å². The molecule has 0 bridgehead atoms. The summed E-state index contributed by atoms with van der Waals surface area (Å²) in [5.74, 6) is 0.125. The van der Waals surface area contributed by atoms with E-state index in [4.69, 9.17) is 0 Å². The van der Waals surface area contributed by atoms with Crippen molar-refractivity contribution in [3.8, 4) is 0 Å². The van der Waals surface area contributed by atoms with Crippen molar-refractivity contribution in [3.63, 3.8) is 0 Å². The van der Waals surface area contributed by atoms with E-state index in [0.29, 0.717) is 6.54 Å². The van der Waals surface area contributed by atoms with Crippen molar-refractivity contribution in [1.29, 1.82) is 0 Å². The summed E-state index contributed by atoms with van der Waals surface area (Å²) in [5.41, 5.74) is 3.03. The van der Waals surface area contributed by atoms with Gasteiger partial charge < -0.3 is 9.88 Å². The average molecular weight is 242 g/mol. The predicted molar refractivity (Wildman–Crippen MR) is 68.7 cm³/mol. The first-order valence-electron chi connectivity index (χ1n) is 5.98. The van der Waals surface area contributed by atoms with Crippen LogP contribution in [-0.2, 0) is 4.79 Å². The number of hydrogen-bond acceptors (Lipinski definition) is 3. The molecule has 0 spiro atoms. The SMILES string of the molecule is CC(=O)N1CC=C(c2ncnc3[nH]ccc23)CC1. The summed E-state index contributed by atoms with van der Waals surface area (Å²) in [6.07, 6.45) is 6.37. The first-order valence-corrected chi connectivity index (χ1v) is 5.98. The summed E-state index contributed by atoms with van der Waals surface area (Å²) in [4.78, 5) is 24.7. The number of hydrogen-bond donors (Lipinski definition) is 1. The fraction of sp³-hybridized carbons (Fsp3) is 0.308. The van der Waals surface area contributed by atoms with Crippen LogP contribution < -0.4 is 0 Å². The molecule has 92 valence electrons. The van der Waals surface area contributed by atoms with E-state index in [2.05, 4.69) is 21.0 Å². The molecule has 0 aromatic carbocycles. The average Bonchev–Trinajstić information content (AvgIpc) is 2.87. The molecule has 0 saturated carbocycles. The lowest BCUT2D eigenvalue weighted by atomic mass is 10.0. The van der Waals surface area contributed by atoms with Gasteiger partial charge in [0.2, 0.25) is 5.91 Å². The number of nitrogens with one attached hydrogen (secondary N) is 1.